The smallest absolute Gasteiger partial charge is 0.325 e. The van der Waals surface area contributed by atoms with Crippen molar-refractivity contribution in [3.8, 4) is 0 Å². The first-order valence-corrected chi connectivity index (χ1v) is 11.7. The predicted molar refractivity (Wildman–Crippen MR) is 119 cm³/mol. The summed E-state index contributed by atoms with van der Waals surface area (Å²) in [5.41, 5.74) is -0.820. The molecule has 0 aromatic carbocycles. The van der Waals surface area contributed by atoms with Crippen molar-refractivity contribution in [3.63, 3.8) is 0 Å². The van der Waals surface area contributed by atoms with Gasteiger partial charge >= 0.3 is 6.03 Å². The van der Waals surface area contributed by atoms with Crippen LogP contribution in [0, 0.1) is 17.8 Å². The lowest BCUT2D eigenvalue weighted by Gasteiger charge is -2.41. The monoisotopic (exact) mass is 422 g/mol. The molecule has 1 N–H and O–H groups in total. The second-order valence-electron chi connectivity index (χ2n) is 9.97. The van der Waals surface area contributed by atoms with E-state index >= 15 is 0 Å². The van der Waals surface area contributed by atoms with Gasteiger partial charge in [-0.05, 0) is 57.5 Å². The molecule has 2 rings (SSSR count). The molecule has 7 nitrogen and oxygen atoms in total. The molecule has 7 heteroatoms. The lowest BCUT2D eigenvalue weighted by atomic mass is 9.73. The van der Waals surface area contributed by atoms with Gasteiger partial charge in [0.05, 0.1) is 0 Å². The number of carbonyl (C=O) groups excluding carboxylic acids is 3. The summed E-state index contributed by atoms with van der Waals surface area (Å²) in [6, 6.07) is -0.263. The van der Waals surface area contributed by atoms with Crippen molar-refractivity contribution in [2.75, 3.05) is 40.3 Å². The highest BCUT2D eigenvalue weighted by Gasteiger charge is 2.55. The summed E-state index contributed by atoms with van der Waals surface area (Å²) in [5, 5.41) is 3.12. The Hall–Kier alpha value is -1.63. The average molecular weight is 423 g/mol. The van der Waals surface area contributed by atoms with E-state index in [-0.39, 0.29) is 23.8 Å². The molecule has 2 aliphatic heterocycles. The van der Waals surface area contributed by atoms with Crippen molar-refractivity contribution in [3.05, 3.63) is 0 Å². The number of likely N-dealkylation sites (N-methyl/N-ethyl adjacent to an activating group) is 1. The van der Waals surface area contributed by atoms with Crippen LogP contribution >= 0.6 is 0 Å². The number of urea groups is 1. The van der Waals surface area contributed by atoms with Crippen LogP contribution in [-0.2, 0) is 9.59 Å². The van der Waals surface area contributed by atoms with Crippen molar-refractivity contribution in [1.29, 1.82) is 0 Å². The minimum Gasteiger partial charge on any atom is -0.343 e. The molecule has 0 saturated carbocycles. The molecular weight excluding hydrogens is 380 g/mol. The summed E-state index contributed by atoms with van der Waals surface area (Å²) in [7, 11) is 3.88. The molecule has 0 unspecified atom stereocenters. The van der Waals surface area contributed by atoms with E-state index in [4.69, 9.17) is 0 Å². The lowest BCUT2D eigenvalue weighted by molar-refractivity contribution is -0.136. The van der Waals surface area contributed by atoms with Crippen LogP contribution in [0.5, 0.6) is 0 Å². The standard InChI is InChI=1S/C23H42N4O3/c1-7-18(4)16-20(28)26-12-9-19(10-13-26)23(11-8-17(2)3)21(29)27(22(30)24-23)15-14-25(5)6/h17-19H,7-16H2,1-6H3,(H,24,30)/t18-,23-/m0/s1. The van der Waals surface area contributed by atoms with E-state index in [1.165, 1.54) is 4.90 Å². The highest BCUT2D eigenvalue weighted by molar-refractivity contribution is 6.07. The maximum absolute atomic E-state index is 13.5. The topological polar surface area (TPSA) is 73.0 Å². The SMILES string of the molecule is CC[C@H](C)CC(=O)N1CCC([C@]2(CCC(C)C)NC(=O)N(CCN(C)C)C2=O)CC1. The molecule has 0 aliphatic carbocycles. The van der Waals surface area contributed by atoms with Crippen LogP contribution in [0.3, 0.4) is 0 Å². The molecule has 0 radical (unpaired) electrons. The molecule has 172 valence electrons. The van der Waals surface area contributed by atoms with Gasteiger partial charge in [0.2, 0.25) is 5.91 Å². The number of carbonyl (C=O) groups is 3. The average Bonchev–Trinajstić information content (AvgIpc) is 2.95. The van der Waals surface area contributed by atoms with Gasteiger partial charge in [-0.2, -0.15) is 0 Å². The minimum absolute atomic E-state index is 0.0700. The van der Waals surface area contributed by atoms with Crippen molar-refractivity contribution in [1.82, 2.24) is 20.0 Å². The van der Waals surface area contributed by atoms with E-state index in [2.05, 4.69) is 33.0 Å². The molecule has 2 aliphatic rings. The maximum Gasteiger partial charge on any atom is 0.325 e. The second-order valence-corrected chi connectivity index (χ2v) is 9.97. The van der Waals surface area contributed by atoms with Crippen LogP contribution in [0.25, 0.3) is 0 Å². The Morgan fingerprint density at radius 1 is 1.20 bits per heavy atom. The first-order chi connectivity index (χ1) is 14.1. The zero-order chi connectivity index (χ0) is 22.5. The minimum atomic E-state index is -0.820. The molecule has 2 fully saturated rings. The molecular formula is C23H42N4O3. The number of nitrogens with zero attached hydrogens (tertiary/aromatic N) is 3. The lowest BCUT2D eigenvalue weighted by Crippen LogP contribution is -2.56. The van der Waals surface area contributed by atoms with Crippen molar-refractivity contribution >= 4 is 17.8 Å². The van der Waals surface area contributed by atoms with E-state index < -0.39 is 5.54 Å². The fourth-order valence-corrected chi connectivity index (χ4v) is 4.51. The summed E-state index contributed by atoms with van der Waals surface area (Å²) < 4.78 is 0. The first-order valence-electron chi connectivity index (χ1n) is 11.7. The van der Waals surface area contributed by atoms with E-state index in [1.807, 2.05) is 23.9 Å². The van der Waals surface area contributed by atoms with E-state index in [0.29, 0.717) is 50.9 Å². The van der Waals surface area contributed by atoms with Gasteiger partial charge < -0.3 is 15.1 Å². The molecule has 0 bridgehead atoms. The molecule has 2 atom stereocenters. The Morgan fingerprint density at radius 3 is 2.37 bits per heavy atom. The first kappa shape index (κ1) is 24.6. The Labute approximate surface area is 182 Å². The number of rotatable bonds is 10. The Morgan fingerprint density at radius 2 is 1.83 bits per heavy atom. The summed E-state index contributed by atoms with van der Waals surface area (Å²) in [4.78, 5) is 44.2. The van der Waals surface area contributed by atoms with E-state index in [9.17, 15) is 14.4 Å². The third kappa shape index (κ3) is 5.74. The van der Waals surface area contributed by atoms with Crippen LogP contribution < -0.4 is 5.32 Å². The molecule has 0 spiro atoms. The number of piperidine rings is 1. The number of nitrogens with one attached hydrogen (secondary N) is 1. The van der Waals surface area contributed by atoms with Crippen LogP contribution in [-0.4, -0.2) is 78.4 Å². The summed E-state index contributed by atoms with van der Waals surface area (Å²) >= 11 is 0. The predicted octanol–water partition coefficient (Wildman–Crippen LogP) is 2.95. The van der Waals surface area contributed by atoms with Crippen LogP contribution in [0.15, 0.2) is 0 Å². The molecule has 0 aromatic rings. The number of imide groups is 1. The van der Waals surface area contributed by atoms with Crippen molar-refractivity contribution in [2.24, 2.45) is 17.8 Å². The third-order valence-electron chi connectivity index (χ3n) is 6.85. The number of hydrogen-bond donors (Lipinski definition) is 1. The summed E-state index contributed by atoms with van der Waals surface area (Å²) in [5.74, 6) is 1.07. The van der Waals surface area contributed by atoms with E-state index in [0.717, 1.165) is 25.7 Å². The maximum atomic E-state index is 13.5. The van der Waals surface area contributed by atoms with Gasteiger partial charge in [0.1, 0.15) is 5.54 Å². The third-order valence-corrected chi connectivity index (χ3v) is 6.85. The number of likely N-dealkylation sites (tertiary alicyclic amines) is 1. The molecule has 0 aromatic heterocycles. The fraction of sp³-hybridized carbons (Fsp3) is 0.870. The zero-order valence-corrected chi connectivity index (χ0v) is 19.9. The van der Waals surface area contributed by atoms with Gasteiger partial charge in [-0.15, -0.1) is 0 Å². The molecule has 30 heavy (non-hydrogen) atoms. The van der Waals surface area contributed by atoms with Gasteiger partial charge in [0.25, 0.3) is 5.91 Å². The number of hydrogen-bond acceptors (Lipinski definition) is 4. The van der Waals surface area contributed by atoms with Gasteiger partial charge in [-0.3, -0.25) is 14.5 Å². The normalized spacial score (nSPS) is 24.1. The van der Waals surface area contributed by atoms with Gasteiger partial charge in [-0.25, -0.2) is 4.79 Å². The zero-order valence-electron chi connectivity index (χ0n) is 19.9. The van der Waals surface area contributed by atoms with Gasteiger partial charge in [0.15, 0.2) is 0 Å². The summed E-state index contributed by atoms with van der Waals surface area (Å²) in [6.07, 6.45) is 4.67. The van der Waals surface area contributed by atoms with Gasteiger partial charge in [0, 0.05) is 32.6 Å². The second kappa shape index (κ2) is 10.6. The molecule has 2 heterocycles. The Kier molecular flexibility index (Phi) is 8.71. The van der Waals surface area contributed by atoms with Crippen LogP contribution in [0.2, 0.25) is 0 Å². The summed E-state index contributed by atoms with van der Waals surface area (Å²) in [6.45, 7) is 10.9. The Bertz CT molecular complexity index is 614. The highest BCUT2D eigenvalue weighted by atomic mass is 16.2. The fourth-order valence-electron chi connectivity index (χ4n) is 4.51. The van der Waals surface area contributed by atoms with Crippen molar-refractivity contribution in [2.45, 2.75) is 71.8 Å². The molecule has 4 amide bonds. The Balaban J connectivity index is 2.11. The largest absolute Gasteiger partial charge is 0.343 e. The number of amides is 4. The van der Waals surface area contributed by atoms with E-state index in [1.54, 1.807) is 0 Å². The van der Waals surface area contributed by atoms with Crippen molar-refractivity contribution < 1.29 is 14.4 Å². The quantitative estimate of drug-likeness (QED) is 0.550. The molecule has 2 saturated heterocycles. The highest BCUT2D eigenvalue weighted by Crippen LogP contribution is 2.38. The van der Waals surface area contributed by atoms with Crippen LogP contribution in [0.1, 0.15) is 66.2 Å². The van der Waals surface area contributed by atoms with Gasteiger partial charge in [-0.1, -0.05) is 34.1 Å². The van der Waals surface area contributed by atoms with Crippen LogP contribution in [0.4, 0.5) is 4.79 Å².